The van der Waals surface area contributed by atoms with Crippen molar-refractivity contribution >= 4 is 39.4 Å². The standard InChI is InChI=1S/C13H15BrClN3O2/c1-4-5-6-10(9(2)15)7-20-13(19)17-12-11(14)16-8-18(12)3/h4-6,8H,2,7H2,1,3H3,(H,17,19)/b5-4-,10-6-. The van der Waals surface area contributed by atoms with Crippen LogP contribution < -0.4 is 5.32 Å². The maximum Gasteiger partial charge on any atom is 0.413 e. The average molecular weight is 361 g/mol. The smallest absolute Gasteiger partial charge is 0.413 e. The van der Waals surface area contributed by atoms with Crippen LogP contribution in [0.2, 0.25) is 0 Å². The number of aromatic nitrogens is 2. The zero-order valence-corrected chi connectivity index (χ0v) is 13.5. The van der Waals surface area contributed by atoms with Crippen LogP contribution >= 0.6 is 27.5 Å². The van der Waals surface area contributed by atoms with Gasteiger partial charge in [0.25, 0.3) is 0 Å². The van der Waals surface area contributed by atoms with Gasteiger partial charge in [-0.25, -0.2) is 9.78 Å². The second-order valence-corrected chi connectivity index (χ2v) is 5.03. The number of aryl methyl sites for hydroxylation is 1. The van der Waals surface area contributed by atoms with Crippen molar-refractivity contribution in [3.8, 4) is 0 Å². The van der Waals surface area contributed by atoms with Crippen molar-refractivity contribution in [1.82, 2.24) is 9.55 Å². The molecule has 1 amide bonds. The van der Waals surface area contributed by atoms with Gasteiger partial charge in [0.2, 0.25) is 0 Å². The molecule has 7 heteroatoms. The van der Waals surface area contributed by atoms with E-state index in [1.165, 1.54) is 0 Å². The van der Waals surface area contributed by atoms with E-state index < -0.39 is 6.09 Å². The summed E-state index contributed by atoms with van der Waals surface area (Å²) in [6, 6.07) is 0. The van der Waals surface area contributed by atoms with E-state index in [4.69, 9.17) is 16.3 Å². The molecular weight excluding hydrogens is 346 g/mol. The lowest BCUT2D eigenvalue weighted by Crippen LogP contribution is -2.17. The number of nitrogens with one attached hydrogen (secondary N) is 1. The Morgan fingerprint density at radius 1 is 1.70 bits per heavy atom. The molecule has 5 nitrogen and oxygen atoms in total. The largest absolute Gasteiger partial charge is 0.444 e. The second kappa shape index (κ2) is 7.91. The van der Waals surface area contributed by atoms with Crippen molar-refractivity contribution in [3.05, 3.63) is 46.3 Å². The lowest BCUT2D eigenvalue weighted by molar-refractivity contribution is 0.172. The molecule has 0 aromatic carbocycles. The minimum absolute atomic E-state index is 0.0357. The van der Waals surface area contributed by atoms with Crippen LogP contribution in [0.4, 0.5) is 10.6 Å². The van der Waals surface area contributed by atoms with Crippen molar-refractivity contribution in [2.45, 2.75) is 6.92 Å². The predicted molar refractivity (Wildman–Crippen MR) is 83.8 cm³/mol. The summed E-state index contributed by atoms with van der Waals surface area (Å²) >= 11 is 9.05. The fourth-order valence-electron chi connectivity index (χ4n) is 1.25. The first-order chi connectivity index (χ1) is 9.45. The van der Waals surface area contributed by atoms with Gasteiger partial charge in [-0.2, -0.15) is 0 Å². The highest BCUT2D eigenvalue weighted by Gasteiger charge is 2.11. The van der Waals surface area contributed by atoms with Crippen molar-refractivity contribution in [3.63, 3.8) is 0 Å². The minimum atomic E-state index is -0.599. The van der Waals surface area contributed by atoms with Gasteiger partial charge in [0.15, 0.2) is 0 Å². The number of carbonyl (C=O) groups excluding carboxylic acids is 1. The number of nitrogens with zero attached hydrogens (tertiary/aromatic N) is 2. The van der Waals surface area contributed by atoms with Gasteiger partial charge in [-0.15, -0.1) is 0 Å². The molecule has 1 aromatic rings. The number of amides is 1. The topological polar surface area (TPSA) is 56.1 Å². The van der Waals surface area contributed by atoms with Gasteiger partial charge in [-0.05, 0) is 22.9 Å². The highest BCUT2D eigenvalue weighted by molar-refractivity contribution is 9.10. The van der Waals surface area contributed by atoms with Crippen LogP contribution in [0.3, 0.4) is 0 Å². The van der Waals surface area contributed by atoms with E-state index in [9.17, 15) is 4.79 Å². The number of halogens is 2. The molecule has 1 heterocycles. The Hall–Kier alpha value is -1.53. The number of ether oxygens (including phenoxy) is 1. The predicted octanol–water partition coefficient (Wildman–Crippen LogP) is 3.99. The molecule has 0 aliphatic carbocycles. The van der Waals surface area contributed by atoms with E-state index >= 15 is 0 Å². The Balaban J connectivity index is 2.61. The molecule has 0 fully saturated rings. The Morgan fingerprint density at radius 3 is 2.90 bits per heavy atom. The molecular formula is C13H15BrClN3O2. The van der Waals surface area contributed by atoms with E-state index in [0.717, 1.165) is 0 Å². The van der Waals surface area contributed by atoms with Crippen LogP contribution in [-0.4, -0.2) is 22.3 Å². The number of anilines is 1. The van der Waals surface area contributed by atoms with Crippen LogP contribution in [0.25, 0.3) is 0 Å². The highest BCUT2D eigenvalue weighted by Crippen LogP contribution is 2.19. The third-order valence-electron chi connectivity index (χ3n) is 2.31. The van der Waals surface area contributed by atoms with Gasteiger partial charge in [-0.3, -0.25) is 5.32 Å². The molecule has 0 bridgehead atoms. The molecule has 20 heavy (non-hydrogen) atoms. The summed E-state index contributed by atoms with van der Waals surface area (Å²) < 4.78 is 7.27. The first kappa shape index (κ1) is 16.5. The molecule has 0 atom stereocenters. The molecule has 0 radical (unpaired) electrons. The van der Waals surface area contributed by atoms with E-state index in [1.807, 2.05) is 13.0 Å². The van der Waals surface area contributed by atoms with E-state index in [0.29, 0.717) is 21.0 Å². The van der Waals surface area contributed by atoms with Crippen LogP contribution in [0.5, 0.6) is 0 Å². The summed E-state index contributed by atoms with van der Waals surface area (Å²) in [7, 11) is 1.76. The normalized spacial score (nSPS) is 11.7. The van der Waals surface area contributed by atoms with Crippen molar-refractivity contribution in [1.29, 1.82) is 0 Å². The maximum atomic E-state index is 11.7. The van der Waals surface area contributed by atoms with Gasteiger partial charge in [-0.1, -0.05) is 36.4 Å². The third-order valence-corrected chi connectivity index (χ3v) is 3.13. The molecule has 0 saturated heterocycles. The molecule has 1 N–H and O–H groups in total. The van der Waals surface area contributed by atoms with Crippen molar-refractivity contribution < 1.29 is 9.53 Å². The summed E-state index contributed by atoms with van der Waals surface area (Å²) in [4.78, 5) is 15.7. The first-order valence-corrected chi connectivity index (χ1v) is 6.90. The van der Waals surface area contributed by atoms with Gasteiger partial charge < -0.3 is 9.30 Å². The maximum absolute atomic E-state index is 11.7. The Bertz CT molecular complexity index is 544. The fourth-order valence-corrected chi connectivity index (χ4v) is 1.83. The molecule has 0 unspecified atom stereocenters. The monoisotopic (exact) mass is 359 g/mol. The summed E-state index contributed by atoms with van der Waals surface area (Å²) in [5.41, 5.74) is 0.629. The first-order valence-electron chi connectivity index (χ1n) is 5.73. The highest BCUT2D eigenvalue weighted by atomic mass is 79.9. The number of hydrogen-bond acceptors (Lipinski definition) is 3. The Morgan fingerprint density at radius 2 is 2.40 bits per heavy atom. The number of rotatable bonds is 5. The molecule has 1 aromatic heterocycles. The summed E-state index contributed by atoms with van der Waals surface area (Å²) in [6.45, 7) is 5.53. The van der Waals surface area contributed by atoms with Gasteiger partial charge in [0.05, 0.1) is 6.33 Å². The summed E-state index contributed by atoms with van der Waals surface area (Å²) in [6.07, 6.45) is 6.34. The van der Waals surface area contributed by atoms with E-state index in [1.54, 1.807) is 30.1 Å². The van der Waals surface area contributed by atoms with Crippen molar-refractivity contribution in [2.24, 2.45) is 7.05 Å². The quantitative estimate of drug-likeness (QED) is 0.808. The molecule has 0 spiro atoms. The lowest BCUT2D eigenvalue weighted by Gasteiger charge is -2.09. The summed E-state index contributed by atoms with van der Waals surface area (Å²) in [5, 5.41) is 2.91. The zero-order chi connectivity index (χ0) is 15.1. The molecule has 0 aliphatic heterocycles. The van der Waals surface area contributed by atoms with Crippen LogP contribution in [-0.2, 0) is 11.8 Å². The minimum Gasteiger partial charge on any atom is -0.444 e. The summed E-state index contributed by atoms with van der Waals surface area (Å²) in [5.74, 6) is 0.513. The van der Waals surface area contributed by atoms with Crippen LogP contribution in [0, 0.1) is 0 Å². The van der Waals surface area contributed by atoms with Gasteiger partial charge in [0.1, 0.15) is 17.0 Å². The number of carbonyl (C=O) groups is 1. The number of allylic oxidation sites excluding steroid dienone is 3. The molecule has 0 aliphatic rings. The van der Waals surface area contributed by atoms with E-state index in [2.05, 4.69) is 32.8 Å². The zero-order valence-electron chi connectivity index (χ0n) is 11.2. The van der Waals surface area contributed by atoms with Gasteiger partial charge >= 0.3 is 6.09 Å². The second-order valence-electron chi connectivity index (χ2n) is 3.82. The number of hydrogen-bond donors (Lipinski definition) is 1. The van der Waals surface area contributed by atoms with Crippen LogP contribution in [0.15, 0.2) is 46.3 Å². The van der Waals surface area contributed by atoms with Gasteiger partial charge in [0, 0.05) is 17.7 Å². The third kappa shape index (κ3) is 4.86. The van der Waals surface area contributed by atoms with Crippen molar-refractivity contribution in [2.75, 3.05) is 11.9 Å². The molecule has 1 rings (SSSR count). The SMILES string of the molecule is C=C(Cl)/C(=C\C=C/C)COC(=O)Nc1c(Br)ncn1C. The Labute approximate surface area is 131 Å². The average Bonchev–Trinajstić information content (AvgIpc) is 2.70. The number of imidazole rings is 1. The lowest BCUT2D eigenvalue weighted by atomic mass is 10.2. The fraction of sp³-hybridized carbons (Fsp3) is 0.231. The Kier molecular flexibility index (Phi) is 6.54. The van der Waals surface area contributed by atoms with Crippen LogP contribution in [0.1, 0.15) is 6.92 Å². The molecule has 108 valence electrons. The van der Waals surface area contributed by atoms with E-state index in [-0.39, 0.29) is 6.61 Å². The molecule has 0 saturated carbocycles.